The number of nitrogens with one attached hydrogen (secondary N) is 2. The molecule has 4 rings (SSSR count). The normalized spacial score (nSPS) is 10.8. The van der Waals surface area contributed by atoms with E-state index in [1.807, 2.05) is 48.5 Å². The molecule has 3 aromatic carbocycles. The molecule has 0 fully saturated rings. The summed E-state index contributed by atoms with van der Waals surface area (Å²) in [6, 6.07) is 20.1. The number of nitrogens with zero attached hydrogens (tertiary/aromatic N) is 1. The fraction of sp³-hybridized carbons (Fsp3) is 0.125. The first-order chi connectivity index (χ1) is 15.4. The first kappa shape index (κ1) is 22.0. The molecular formula is C24H20BrN3O3S. The highest BCUT2D eigenvalue weighted by atomic mass is 79.9. The van der Waals surface area contributed by atoms with Gasteiger partial charge < -0.3 is 15.0 Å². The van der Waals surface area contributed by atoms with Gasteiger partial charge in [0.15, 0.2) is 4.77 Å². The summed E-state index contributed by atoms with van der Waals surface area (Å²) in [6.07, 6.45) is 0. The lowest BCUT2D eigenvalue weighted by molar-refractivity contribution is 0.0951. The Morgan fingerprint density at radius 3 is 2.44 bits per heavy atom. The van der Waals surface area contributed by atoms with Crippen LogP contribution in [0.2, 0.25) is 0 Å². The van der Waals surface area contributed by atoms with E-state index < -0.39 is 0 Å². The Kier molecular flexibility index (Phi) is 6.53. The molecule has 1 amide bonds. The number of halogens is 1. The topological polar surface area (TPSA) is 76.1 Å². The van der Waals surface area contributed by atoms with Crippen molar-refractivity contribution < 1.29 is 9.53 Å². The fourth-order valence-corrected chi connectivity index (χ4v) is 3.96. The number of aromatic amines is 1. The molecule has 32 heavy (non-hydrogen) atoms. The van der Waals surface area contributed by atoms with Crippen LogP contribution in [0.3, 0.4) is 0 Å². The zero-order valence-corrected chi connectivity index (χ0v) is 19.6. The number of hydrogen-bond donors (Lipinski definition) is 2. The molecule has 8 heteroatoms. The van der Waals surface area contributed by atoms with Gasteiger partial charge in [-0.15, -0.1) is 0 Å². The maximum absolute atomic E-state index is 12.9. The smallest absolute Gasteiger partial charge is 0.262 e. The van der Waals surface area contributed by atoms with E-state index in [9.17, 15) is 9.59 Å². The number of benzene rings is 3. The molecule has 1 heterocycles. The lowest BCUT2D eigenvalue weighted by Gasteiger charge is -2.10. The van der Waals surface area contributed by atoms with E-state index in [1.165, 1.54) is 4.57 Å². The second-order valence-electron chi connectivity index (χ2n) is 7.24. The van der Waals surface area contributed by atoms with Crippen molar-refractivity contribution in [2.75, 3.05) is 7.11 Å². The predicted octanol–water partition coefficient (Wildman–Crippen LogP) is 4.81. The highest BCUT2D eigenvalue weighted by Gasteiger charge is 2.09. The van der Waals surface area contributed by atoms with Gasteiger partial charge in [0.2, 0.25) is 0 Å². The van der Waals surface area contributed by atoms with Crippen LogP contribution in [0.15, 0.2) is 76.0 Å². The highest BCUT2D eigenvalue weighted by molar-refractivity contribution is 9.10. The standard InChI is InChI=1S/C24H20BrN3O3S/c1-31-19-9-4-15(5-10-19)13-26-22(29)17-6-2-16(3-7-17)14-28-23(30)20-12-18(25)8-11-21(20)27-24(28)32/h2-12H,13-14H2,1H3,(H,26,29)(H,27,32). The molecule has 0 unspecified atom stereocenters. The van der Waals surface area contributed by atoms with Crippen LogP contribution in [0.4, 0.5) is 0 Å². The second kappa shape index (κ2) is 9.50. The van der Waals surface area contributed by atoms with Crippen molar-refractivity contribution in [3.8, 4) is 5.75 Å². The Hall–Kier alpha value is -3.23. The van der Waals surface area contributed by atoms with Gasteiger partial charge in [-0.2, -0.15) is 0 Å². The van der Waals surface area contributed by atoms with Gasteiger partial charge >= 0.3 is 0 Å². The summed E-state index contributed by atoms with van der Waals surface area (Å²) >= 11 is 8.79. The summed E-state index contributed by atoms with van der Waals surface area (Å²) in [6.45, 7) is 0.728. The zero-order chi connectivity index (χ0) is 22.7. The van der Waals surface area contributed by atoms with Crippen molar-refractivity contribution in [3.05, 3.63) is 103 Å². The van der Waals surface area contributed by atoms with Crippen molar-refractivity contribution in [2.24, 2.45) is 0 Å². The van der Waals surface area contributed by atoms with E-state index in [1.54, 1.807) is 25.3 Å². The minimum Gasteiger partial charge on any atom is -0.497 e. The number of methoxy groups -OCH3 is 1. The molecule has 0 spiro atoms. The minimum absolute atomic E-state index is 0.161. The molecule has 0 aliphatic heterocycles. The number of amides is 1. The van der Waals surface area contributed by atoms with Gasteiger partial charge in [-0.25, -0.2) is 0 Å². The first-order valence-electron chi connectivity index (χ1n) is 9.87. The van der Waals surface area contributed by atoms with Crippen LogP contribution >= 0.6 is 28.1 Å². The third kappa shape index (κ3) is 4.81. The lowest BCUT2D eigenvalue weighted by atomic mass is 10.1. The van der Waals surface area contributed by atoms with Gasteiger partial charge in [0.25, 0.3) is 11.5 Å². The largest absolute Gasteiger partial charge is 0.497 e. The number of carbonyl (C=O) groups is 1. The van der Waals surface area contributed by atoms with Gasteiger partial charge in [-0.05, 0) is 65.8 Å². The number of aromatic nitrogens is 2. The van der Waals surface area contributed by atoms with Gasteiger partial charge in [0.05, 0.1) is 24.6 Å². The molecule has 162 valence electrons. The van der Waals surface area contributed by atoms with Crippen molar-refractivity contribution in [1.29, 1.82) is 0 Å². The molecule has 0 saturated heterocycles. The Bertz CT molecular complexity index is 1390. The number of ether oxygens (including phenoxy) is 1. The van der Waals surface area contributed by atoms with E-state index in [-0.39, 0.29) is 11.5 Å². The number of carbonyl (C=O) groups excluding carboxylic acids is 1. The third-order valence-electron chi connectivity index (χ3n) is 5.11. The van der Waals surface area contributed by atoms with Crippen molar-refractivity contribution in [1.82, 2.24) is 14.9 Å². The van der Waals surface area contributed by atoms with Crippen LogP contribution in [0, 0.1) is 4.77 Å². The fourth-order valence-electron chi connectivity index (χ4n) is 3.34. The molecule has 0 radical (unpaired) electrons. The number of H-pyrrole nitrogens is 1. The maximum atomic E-state index is 12.9. The van der Waals surface area contributed by atoms with Gasteiger partial charge in [0, 0.05) is 16.6 Å². The Morgan fingerprint density at radius 2 is 1.75 bits per heavy atom. The highest BCUT2D eigenvalue weighted by Crippen LogP contribution is 2.16. The quantitative estimate of drug-likeness (QED) is 0.365. The minimum atomic E-state index is -0.169. The molecule has 1 aromatic heterocycles. The van der Waals surface area contributed by atoms with Crippen LogP contribution in [0.5, 0.6) is 5.75 Å². The predicted molar refractivity (Wildman–Crippen MR) is 131 cm³/mol. The van der Waals surface area contributed by atoms with Gasteiger partial charge in [-0.3, -0.25) is 14.2 Å². The Morgan fingerprint density at radius 1 is 1.06 bits per heavy atom. The zero-order valence-electron chi connectivity index (χ0n) is 17.2. The van der Waals surface area contributed by atoms with E-state index >= 15 is 0 Å². The van der Waals surface area contributed by atoms with Crippen LogP contribution in [0.25, 0.3) is 10.9 Å². The summed E-state index contributed by atoms with van der Waals surface area (Å²) in [4.78, 5) is 28.5. The molecule has 0 atom stereocenters. The molecular weight excluding hydrogens is 490 g/mol. The van der Waals surface area contributed by atoms with Gasteiger partial charge in [-0.1, -0.05) is 40.2 Å². The molecule has 0 bridgehead atoms. The third-order valence-corrected chi connectivity index (χ3v) is 5.93. The van der Waals surface area contributed by atoms with E-state index in [0.29, 0.717) is 34.3 Å². The van der Waals surface area contributed by atoms with Crippen LogP contribution < -0.4 is 15.6 Å². The SMILES string of the molecule is COc1ccc(CNC(=O)c2ccc(Cn3c(=S)[nH]c4ccc(Br)cc4c3=O)cc2)cc1. The van der Waals surface area contributed by atoms with Crippen LogP contribution in [0.1, 0.15) is 21.5 Å². The summed E-state index contributed by atoms with van der Waals surface area (Å²) < 4.78 is 7.83. The monoisotopic (exact) mass is 509 g/mol. The number of fused-ring (bicyclic) bond motifs is 1. The van der Waals surface area contributed by atoms with Gasteiger partial charge in [0.1, 0.15) is 5.75 Å². The Balaban J connectivity index is 1.47. The van der Waals surface area contributed by atoms with Crippen LogP contribution in [-0.4, -0.2) is 22.6 Å². The molecule has 6 nitrogen and oxygen atoms in total. The van der Waals surface area contributed by atoms with Crippen molar-refractivity contribution >= 4 is 45.0 Å². The average molecular weight is 510 g/mol. The van der Waals surface area contributed by atoms with Crippen LogP contribution in [-0.2, 0) is 13.1 Å². The average Bonchev–Trinajstić information content (AvgIpc) is 2.81. The van der Waals surface area contributed by atoms with E-state index in [0.717, 1.165) is 21.3 Å². The molecule has 4 aromatic rings. The van der Waals surface area contributed by atoms with E-state index in [4.69, 9.17) is 17.0 Å². The van der Waals surface area contributed by atoms with Crippen molar-refractivity contribution in [2.45, 2.75) is 13.1 Å². The molecule has 0 aliphatic carbocycles. The lowest BCUT2D eigenvalue weighted by Crippen LogP contribution is -2.23. The maximum Gasteiger partial charge on any atom is 0.262 e. The molecule has 0 aliphatic rings. The van der Waals surface area contributed by atoms with E-state index in [2.05, 4.69) is 26.2 Å². The number of hydrogen-bond acceptors (Lipinski definition) is 4. The summed E-state index contributed by atoms with van der Waals surface area (Å²) in [5, 5.41) is 3.46. The van der Waals surface area contributed by atoms with Crippen molar-refractivity contribution in [3.63, 3.8) is 0 Å². The summed E-state index contributed by atoms with van der Waals surface area (Å²) in [5.41, 5.74) is 2.93. The number of rotatable bonds is 6. The molecule has 0 saturated carbocycles. The summed E-state index contributed by atoms with van der Waals surface area (Å²) in [7, 11) is 1.61. The summed E-state index contributed by atoms with van der Waals surface area (Å²) in [5.74, 6) is 0.603. The first-order valence-corrected chi connectivity index (χ1v) is 11.1. The Labute approximate surface area is 198 Å². The molecule has 2 N–H and O–H groups in total. The second-order valence-corrected chi connectivity index (χ2v) is 8.54.